The Morgan fingerprint density at radius 3 is 2.39 bits per heavy atom. The maximum Gasteiger partial charge on any atom is 0.222 e. The Morgan fingerprint density at radius 2 is 1.78 bits per heavy atom. The second kappa shape index (κ2) is 8.96. The van der Waals surface area contributed by atoms with Crippen LogP contribution in [0.3, 0.4) is 0 Å². The minimum absolute atomic E-state index is 0.295. The summed E-state index contributed by atoms with van der Waals surface area (Å²) in [6.45, 7) is 4.91. The number of piperazine rings is 1. The molecule has 1 fully saturated rings. The molecule has 1 amide bonds. The number of carbonyl (C=O) groups is 1. The summed E-state index contributed by atoms with van der Waals surface area (Å²) in [6, 6.07) is 0. The standard InChI is InChI=1S/C14H25N3O/c1-2-9-16-10-12-17(13-11-16)14(18)7-5-3-4-6-8-15/h1H,3-13,15H2. The summed E-state index contributed by atoms with van der Waals surface area (Å²) >= 11 is 0. The van der Waals surface area contributed by atoms with Crippen LogP contribution in [0.2, 0.25) is 0 Å². The Kier molecular flexibility index (Phi) is 7.47. The van der Waals surface area contributed by atoms with E-state index in [1.165, 1.54) is 0 Å². The molecule has 1 saturated heterocycles. The highest BCUT2D eigenvalue weighted by atomic mass is 16.2. The first-order valence-corrected chi connectivity index (χ1v) is 6.91. The number of rotatable bonds is 7. The van der Waals surface area contributed by atoms with Crippen LogP contribution in [0, 0.1) is 12.3 Å². The van der Waals surface area contributed by atoms with Gasteiger partial charge in [0, 0.05) is 32.6 Å². The smallest absolute Gasteiger partial charge is 0.222 e. The van der Waals surface area contributed by atoms with Crippen molar-refractivity contribution in [2.24, 2.45) is 5.73 Å². The fourth-order valence-corrected chi connectivity index (χ4v) is 2.22. The van der Waals surface area contributed by atoms with E-state index in [1.54, 1.807) is 0 Å². The van der Waals surface area contributed by atoms with E-state index in [-0.39, 0.29) is 0 Å². The van der Waals surface area contributed by atoms with Gasteiger partial charge in [-0.2, -0.15) is 0 Å². The molecule has 4 nitrogen and oxygen atoms in total. The highest BCUT2D eigenvalue weighted by molar-refractivity contribution is 5.76. The Morgan fingerprint density at radius 1 is 1.11 bits per heavy atom. The highest BCUT2D eigenvalue weighted by Gasteiger charge is 2.19. The number of amides is 1. The third-order valence-corrected chi connectivity index (χ3v) is 3.38. The zero-order chi connectivity index (χ0) is 13.2. The van der Waals surface area contributed by atoms with Crippen molar-refractivity contribution in [3.63, 3.8) is 0 Å². The fraction of sp³-hybridized carbons (Fsp3) is 0.786. The van der Waals surface area contributed by atoms with E-state index in [0.29, 0.717) is 18.9 Å². The van der Waals surface area contributed by atoms with Crippen LogP contribution >= 0.6 is 0 Å². The first-order chi connectivity index (χ1) is 8.77. The van der Waals surface area contributed by atoms with Gasteiger partial charge in [0.15, 0.2) is 0 Å². The van der Waals surface area contributed by atoms with Crippen LogP contribution in [0.1, 0.15) is 32.1 Å². The molecule has 1 aliphatic heterocycles. The first kappa shape index (κ1) is 15.0. The normalized spacial score (nSPS) is 16.6. The van der Waals surface area contributed by atoms with Crippen LogP contribution in [0.4, 0.5) is 0 Å². The molecule has 1 heterocycles. The van der Waals surface area contributed by atoms with Crippen molar-refractivity contribution >= 4 is 5.91 Å². The molecule has 1 rings (SSSR count). The van der Waals surface area contributed by atoms with E-state index in [2.05, 4.69) is 10.8 Å². The van der Waals surface area contributed by atoms with E-state index in [4.69, 9.17) is 12.2 Å². The molecule has 18 heavy (non-hydrogen) atoms. The van der Waals surface area contributed by atoms with Gasteiger partial charge in [-0.25, -0.2) is 0 Å². The van der Waals surface area contributed by atoms with E-state index in [9.17, 15) is 4.79 Å². The van der Waals surface area contributed by atoms with Gasteiger partial charge in [0.05, 0.1) is 6.54 Å². The topological polar surface area (TPSA) is 49.6 Å². The van der Waals surface area contributed by atoms with Gasteiger partial charge >= 0.3 is 0 Å². The summed E-state index contributed by atoms with van der Waals surface area (Å²) in [4.78, 5) is 16.1. The van der Waals surface area contributed by atoms with Gasteiger partial charge in [-0.1, -0.05) is 18.8 Å². The summed E-state index contributed by atoms with van der Waals surface area (Å²) < 4.78 is 0. The number of unbranched alkanes of at least 4 members (excludes halogenated alkanes) is 3. The molecule has 0 aromatic rings. The molecule has 0 radical (unpaired) electrons. The van der Waals surface area contributed by atoms with E-state index < -0.39 is 0 Å². The van der Waals surface area contributed by atoms with Crippen molar-refractivity contribution in [3.05, 3.63) is 0 Å². The largest absolute Gasteiger partial charge is 0.340 e. The summed E-state index contributed by atoms with van der Waals surface area (Å²) in [6.07, 6.45) is 10.3. The SMILES string of the molecule is C#CCN1CCN(C(=O)CCCCCCN)CC1. The van der Waals surface area contributed by atoms with Crippen LogP contribution in [-0.4, -0.2) is 55.0 Å². The molecular formula is C14H25N3O. The van der Waals surface area contributed by atoms with Crippen LogP contribution in [0.5, 0.6) is 0 Å². The second-order valence-electron chi connectivity index (χ2n) is 4.81. The third kappa shape index (κ3) is 5.52. The van der Waals surface area contributed by atoms with Gasteiger partial charge in [-0.15, -0.1) is 6.42 Å². The number of carbonyl (C=O) groups excluding carboxylic acids is 1. The Hall–Kier alpha value is -1.05. The minimum Gasteiger partial charge on any atom is -0.340 e. The summed E-state index contributed by atoms with van der Waals surface area (Å²) in [5, 5.41) is 0. The molecule has 0 bridgehead atoms. The van der Waals surface area contributed by atoms with Gasteiger partial charge in [0.2, 0.25) is 5.91 Å². The number of nitrogens with zero attached hydrogens (tertiary/aromatic N) is 2. The Bertz CT molecular complexity index is 277. The molecule has 0 unspecified atom stereocenters. The molecule has 0 atom stereocenters. The summed E-state index contributed by atoms with van der Waals surface area (Å²) in [5.74, 6) is 2.94. The third-order valence-electron chi connectivity index (χ3n) is 3.38. The number of hydrogen-bond donors (Lipinski definition) is 1. The van der Waals surface area contributed by atoms with Crippen molar-refractivity contribution in [1.29, 1.82) is 0 Å². The number of nitrogens with two attached hydrogens (primary N) is 1. The lowest BCUT2D eigenvalue weighted by Crippen LogP contribution is -2.48. The lowest BCUT2D eigenvalue weighted by molar-refractivity contribution is -0.133. The molecule has 2 N–H and O–H groups in total. The molecule has 0 saturated carbocycles. The van der Waals surface area contributed by atoms with E-state index >= 15 is 0 Å². The molecule has 0 aromatic heterocycles. The fourth-order valence-electron chi connectivity index (χ4n) is 2.22. The average molecular weight is 251 g/mol. The van der Waals surface area contributed by atoms with Gasteiger partial charge in [0.1, 0.15) is 0 Å². The van der Waals surface area contributed by atoms with Crippen molar-refractivity contribution in [2.45, 2.75) is 32.1 Å². The molecule has 102 valence electrons. The van der Waals surface area contributed by atoms with Gasteiger partial charge < -0.3 is 10.6 Å². The zero-order valence-electron chi connectivity index (χ0n) is 11.2. The monoisotopic (exact) mass is 251 g/mol. The summed E-state index contributed by atoms with van der Waals surface area (Å²) in [7, 11) is 0. The molecule has 0 aromatic carbocycles. The lowest BCUT2D eigenvalue weighted by Gasteiger charge is -2.33. The van der Waals surface area contributed by atoms with Crippen molar-refractivity contribution in [3.8, 4) is 12.3 Å². The Labute approximate surface area is 110 Å². The zero-order valence-corrected chi connectivity index (χ0v) is 11.2. The van der Waals surface area contributed by atoms with Crippen molar-refractivity contribution in [1.82, 2.24) is 9.80 Å². The molecule has 4 heteroatoms. The predicted molar refractivity (Wildman–Crippen MR) is 74.0 cm³/mol. The van der Waals surface area contributed by atoms with Crippen molar-refractivity contribution < 1.29 is 4.79 Å². The lowest BCUT2D eigenvalue weighted by atomic mass is 10.1. The average Bonchev–Trinajstić information content (AvgIpc) is 2.39. The Balaban J connectivity index is 2.10. The number of terminal acetylenes is 1. The molecular weight excluding hydrogens is 226 g/mol. The molecule has 0 aliphatic carbocycles. The van der Waals surface area contributed by atoms with Gasteiger partial charge in [-0.3, -0.25) is 9.69 Å². The van der Waals surface area contributed by atoms with Gasteiger partial charge in [0.25, 0.3) is 0 Å². The second-order valence-corrected chi connectivity index (χ2v) is 4.81. The van der Waals surface area contributed by atoms with Crippen LogP contribution in [0.25, 0.3) is 0 Å². The van der Waals surface area contributed by atoms with Gasteiger partial charge in [-0.05, 0) is 19.4 Å². The van der Waals surface area contributed by atoms with Crippen molar-refractivity contribution in [2.75, 3.05) is 39.3 Å². The first-order valence-electron chi connectivity index (χ1n) is 6.91. The highest BCUT2D eigenvalue weighted by Crippen LogP contribution is 2.08. The van der Waals surface area contributed by atoms with Crippen LogP contribution < -0.4 is 5.73 Å². The maximum atomic E-state index is 11.9. The molecule has 0 spiro atoms. The van der Waals surface area contributed by atoms with E-state index in [1.807, 2.05) is 4.90 Å². The summed E-state index contributed by atoms with van der Waals surface area (Å²) in [5.41, 5.74) is 5.43. The minimum atomic E-state index is 0.295. The molecule has 1 aliphatic rings. The van der Waals surface area contributed by atoms with Crippen LogP contribution in [0.15, 0.2) is 0 Å². The predicted octanol–water partition coefficient (Wildman–Crippen LogP) is 0.673. The number of hydrogen-bond acceptors (Lipinski definition) is 3. The maximum absolute atomic E-state index is 11.9. The van der Waals surface area contributed by atoms with Crippen LogP contribution in [-0.2, 0) is 4.79 Å². The van der Waals surface area contributed by atoms with E-state index in [0.717, 1.165) is 58.4 Å². The quantitative estimate of drug-likeness (QED) is 0.534.